The van der Waals surface area contributed by atoms with Crippen molar-refractivity contribution in [1.29, 1.82) is 0 Å². The summed E-state index contributed by atoms with van der Waals surface area (Å²) in [7, 11) is 0. The number of fused-ring (bicyclic) bond motifs is 1. The molecule has 0 N–H and O–H groups in total. The zero-order valence-corrected chi connectivity index (χ0v) is 12.9. The van der Waals surface area contributed by atoms with E-state index >= 15 is 0 Å². The second-order valence-electron chi connectivity index (χ2n) is 4.82. The molecule has 0 saturated carbocycles. The number of thiazole rings is 1. The second-order valence-corrected chi connectivity index (χ2v) is 6.19. The highest BCUT2D eigenvalue weighted by atomic mass is 32.1. The van der Waals surface area contributed by atoms with Crippen molar-refractivity contribution >= 4 is 45.2 Å². The maximum Gasteiger partial charge on any atom is 0.229 e. The Morgan fingerprint density at radius 2 is 2.40 bits per heavy atom. The number of amides is 1. The number of ether oxygens (including phenoxy) is 1. The lowest BCUT2D eigenvalue weighted by Crippen LogP contribution is -2.24. The van der Waals surface area contributed by atoms with Crippen molar-refractivity contribution in [3.05, 3.63) is 18.2 Å². The number of carbonyl (C=O) groups is 1. The van der Waals surface area contributed by atoms with Gasteiger partial charge in [-0.1, -0.05) is 11.3 Å². The number of hydrogen-bond donors (Lipinski definition) is 1. The van der Waals surface area contributed by atoms with E-state index in [1.54, 1.807) is 4.90 Å². The maximum atomic E-state index is 12.0. The number of hydrogen-bond acceptors (Lipinski definition) is 5. The van der Waals surface area contributed by atoms with Crippen LogP contribution in [0.1, 0.15) is 13.3 Å². The summed E-state index contributed by atoms with van der Waals surface area (Å²) in [6, 6.07) is 5.84. The van der Waals surface area contributed by atoms with Crippen molar-refractivity contribution in [2.45, 2.75) is 13.3 Å². The molecule has 1 amide bonds. The van der Waals surface area contributed by atoms with Gasteiger partial charge in [0.25, 0.3) is 0 Å². The lowest BCUT2D eigenvalue weighted by Gasteiger charge is -2.11. The van der Waals surface area contributed by atoms with Gasteiger partial charge in [-0.25, -0.2) is 4.98 Å². The fourth-order valence-electron chi connectivity index (χ4n) is 2.35. The van der Waals surface area contributed by atoms with Gasteiger partial charge in [0.2, 0.25) is 5.91 Å². The number of nitrogens with zero attached hydrogens (tertiary/aromatic N) is 2. The topological polar surface area (TPSA) is 42.4 Å². The predicted molar refractivity (Wildman–Crippen MR) is 85.1 cm³/mol. The molecule has 1 aliphatic rings. The minimum atomic E-state index is 0.146. The van der Waals surface area contributed by atoms with Crippen LogP contribution in [-0.4, -0.2) is 29.8 Å². The molecule has 6 heteroatoms. The van der Waals surface area contributed by atoms with Gasteiger partial charge in [0.1, 0.15) is 5.75 Å². The van der Waals surface area contributed by atoms with E-state index in [4.69, 9.17) is 4.74 Å². The number of rotatable bonds is 4. The van der Waals surface area contributed by atoms with Crippen molar-refractivity contribution in [3.63, 3.8) is 0 Å². The molecule has 3 rings (SSSR count). The van der Waals surface area contributed by atoms with Gasteiger partial charge >= 0.3 is 0 Å². The molecule has 20 heavy (non-hydrogen) atoms. The van der Waals surface area contributed by atoms with Crippen LogP contribution in [0.4, 0.5) is 5.13 Å². The summed E-state index contributed by atoms with van der Waals surface area (Å²) in [5, 5.41) is 0.780. The molecule has 1 aromatic heterocycles. The number of anilines is 1. The summed E-state index contributed by atoms with van der Waals surface area (Å²) in [6.07, 6.45) is 0.573. The molecule has 0 aliphatic carbocycles. The van der Waals surface area contributed by atoms with Crippen LogP contribution in [0.2, 0.25) is 0 Å². The van der Waals surface area contributed by atoms with Crippen molar-refractivity contribution < 1.29 is 9.53 Å². The molecule has 0 radical (unpaired) electrons. The first-order chi connectivity index (χ1) is 9.71. The highest BCUT2D eigenvalue weighted by molar-refractivity contribution is 7.80. The summed E-state index contributed by atoms with van der Waals surface area (Å²) in [5.74, 6) is 2.06. The fraction of sp³-hybridized carbons (Fsp3) is 0.429. The van der Waals surface area contributed by atoms with Crippen molar-refractivity contribution in [2.24, 2.45) is 5.92 Å². The third kappa shape index (κ3) is 2.50. The van der Waals surface area contributed by atoms with Crippen LogP contribution in [-0.2, 0) is 4.79 Å². The van der Waals surface area contributed by atoms with Gasteiger partial charge in [0.05, 0.1) is 16.8 Å². The van der Waals surface area contributed by atoms with Gasteiger partial charge in [-0.3, -0.25) is 9.69 Å². The third-order valence-corrected chi connectivity index (χ3v) is 4.91. The first-order valence-electron chi connectivity index (χ1n) is 6.66. The molecule has 0 spiro atoms. The zero-order chi connectivity index (χ0) is 14.1. The van der Waals surface area contributed by atoms with E-state index in [1.165, 1.54) is 11.3 Å². The molecule has 1 aliphatic heterocycles. The molecule has 1 atom stereocenters. The highest BCUT2D eigenvalue weighted by Gasteiger charge is 2.31. The Hall–Kier alpha value is -1.27. The smallest absolute Gasteiger partial charge is 0.229 e. The lowest BCUT2D eigenvalue weighted by molar-refractivity contribution is -0.117. The quantitative estimate of drug-likeness (QED) is 0.883. The van der Waals surface area contributed by atoms with Crippen LogP contribution in [0.25, 0.3) is 10.2 Å². The third-order valence-electron chi connectivity index (χ3n) is 3.35. The van der Waals surface area contributed by atoms with Crippen molar-refractivity contribution in [1.82, 2.24) is 4.98 Å². The summed E-state index contributed by atoms with van der Waals surface area (Å²) in [4.78, 5) is 18.4. The Kier molecular flexibility index (Phi) is 3.85. The van der Waals surface area contributed by atoms with E-state index in [0.717, 1.165) is 33.4 Å². The minimum Gasteiger partial charge on any atom is -0.494 e. The molecule has 0 bridgehead atoms. The SMILES string of the molecule is CCOc1ccc2nc(N3CC(CS)CC3=O)sc2c1. The summed E-state index contributed by atoms with van der Waals surface area (Å²) < 4.78 is 6.54. The van der Waals surface area contributed by atoms with Crippen LogP contribution in [0, 0.1) is 5.92 Å². The first-order valence-corrected chi connectivity index (χ1v) is 8.10. The van der Waals surface area contributed by atoms with E-state index in [9.17, 15) is 4.79 Å². The van der Waals surface area contributed by atoms with Crippen LogP contribution >= 0.6 is 24.0 Å². The number of aromatic nitrogens is 1. The Morgan fingerprint density at radius 3 is 3.10 bits per heavy atom. The van der Waals surface area contributed by atoms with Gasteiger partial charge in [-0.15, -0.1) is 0 Å². The molecular weight excluding hydrogens is 292 g/mol. The van der Waals surface area contributed by atoms with Crippen molar-refractivity contribution in [3.8, 4) is 5.75 Å². The Balaban J connectivity index is 1.91. The summed E-state index contributed by atoms with van der Waals surface area (Å²) >= 11 is 5.82. The molecule has 4 nitrogen and oxygen atoms in total. The molecule has 1 fully saturated rings. The van der Waals surface area contributed by atoms with Gasteiger partial charge in [-0.05, 0) is 36.8 Å². The van der Waals surface area contributed by atoms with E-state index < -0.39 is 0 Å². The molecule has 1 saturated heterocycles. The standard InChI is InChI=1S/C14H16N2O2S2/c1-2-18-10-3-4-11-12(6-10)20-14(15-11)16-7-9(8-19)5-13(16)17/h3-4,6,9,19H,2,5,7-8H2,1H3. The van der Waals surface area contributed by atoms with Crippen LogP contribution in [0.15, 0.2) is 18.2 Å². The highest BCUT2D eigenvalue weighted by Crippen LogP contribution is 2.34. The van der Waals surface area contributed by atoms with E-state index in [2.05, 4.69) is 17.6 Å². The molecule has 1 unspecified atom stereocenters. The van der Waals surface area contributed by atoms with Gasteiger partial charge in [0, 0.05) is 13.0 Å². The van der Waals surface area contributed by atoms with E-state index in [-0.39, 0.29) is 5.91 Å². The first kappa shape index (κ1) is 13.7. The maximum absolute atomic E-state index is 12.0. The number of thiol groups is 1. The predicted octanol–water partition coefficient (Wildman–Crippen LogP) is 2.98. The molecule has 2 aromatic rings. The average molecular weight is 308 g/mol. The Morgan fingerprint density at radius 1 is 1.55 bits per heavy atom. The second kappa shape index (κ2) is 5.61. The Bertz CT molecular complexity index is 641. The van der Waals surface area contributed by atoms with Crippen LogP contribution < -0.4 is 9.64 Å². The fourth-order valence-corrected chi connectivity index (χ4v) is 3.62. The van der Waals surface area contributed by atoms with Crippen molar-refractivity contribution in [2.75, 3.05) is 23.8 Å². The normalized spacial score (nSPS) is 19.0. The van der Waals surface area contributed by atoms with Crippen LogP contribution in [0.3, 0.4) is 0 Å². The van der Waals surface area contributed by atoms with E-state index in [0.29, 0.717) is 18.9 Å². The number of carbonyl (C=O) groups excluding carboxylic acids is 1. The van der Waals surface area contributed by atoms with Gasteiger partial charge in [0.15, 0.2) is 5.13 Å². The average Bonchev–Trinajstić information content (AvgIpc) is 3.01. The molecular formula is C14H16N2O2S2. The minimum absolute atomic E-state index is 0.146. The largest absolute Gasteiger partial charge is 0.494 e. The Labute approximate surface area is 127 Å². The van der Waals surface area contributed by atoms with Crippen LogP contribution in [0.5, 0.6) is 5.75 Å². The molecule has 2 heterocycles. The molecule has 106 valence electrons. The summed E-state index contributed by atoms with van der Waals surface area (Å²) in [6.45, 7) is 3.33. The monoisotopic (exact) mass is 308 g/mol. The number of benzene rings is 1. The molecule has 1 aromatic carbocycles. The lowest BCUT2D eigenvalue weighted by atomic mass is 10.1. The van der Waals surface area contributed by atoms with Gasteiger partial charge in [-0.2, -0.15) is 12.6 Å². The van der Waals surface area contributed by atoms with E-state index in [1.807, 2.05) is 25.1 Å². The summed E-state index contributed by atoms with van der Waals surface area (Å²) in [5.41, 5.74) is 0.913. The van der Waals surface area contributed by atoms with Gasteiger partial charge < -0.3 is 4.74 Å². The zero-order valence-electron chi connectivity index (χ0n) is 11.2.